The van der Waals surface area contributed by atoms with E-state index >= 15 is 0 Å². The average Bonchev–Trinajstić information content (AvgIpc) is 2.64. The van der Waals surface area contributed by atoms with Gasteiger partial charge in [0.2, 0.25) is 10.0 Å². The molecule has 164 valence electrons. The van der Waals surface area contributed by atoms with Crippen LogP contribution >= 0.6 is 0 Å². The molecule has 2 aromatic rings. The van der Waals surface area contributed by atoms with Gasteiger partial charge in [-0.25, -0.2) is 26.7 Å². The van der Waals surface area contributed by atoms with Crippen LogP contribution in [0.3, 0.4) is 0 Å². The van der Waals surface area contributed by atoms with Crippen LogP contribution in [0.2, 0.25) is 0 Å². The fourth-order valence-corrected chi connectivity index (χ4v) is 4.68. The van der Waals surface area contributed by atoms with Gasteiger partial charge < -0.3 is 4.74 Å². The lowest BCUT2D eigenvalue weighted by Crippen LogP contribution is -2.32. The van der Waals surface area contributed by atoms with Crippen molar-refractivity contribution in [1.82, 2.24) is 4.72 Å². The van der Waals surface area contributed by atoms with Crippen molar-refractivity contribution in [3.05, 3.63) is 59.7 Å². The molecule has 2 aromatic carbocycles. The second-order valence-corrected chi connectivity index (χ2v) is 9.23. The Morgan fingerprint density at radius 1 is 1.00 bits per heavy atom. The summed E-state index contributed by atoms with van der Waals surface area (Å²) in [6.45, 7) is -0.795. The van der Waals surface area contributed by atoms with Gasteiger partial charge in [0.15, 0.2) is 0 Å². The minimum atomic E-state index is -4.59. The molecular formula is C17H17F3N2O6S2. The van der Waals surface area contributed by atoms with E-state index in [4.69, 9.17) is 9.88 Å². The van der Waals surface area contributed by atoms with Gasteiger partial charge in [-0.1, -0.05) is 24.3 Å². The minimum Gasteiger partial charge on any atom is -0.376 e. The Kier molecular flexibility index (Phi) is 7.23. The minimum absolute atomic E-state index is 0.122. The number of hydrogen-bond donors (Lipinski definition) is 2. The van der Waals surface area contributed by atoms with Crippen molar-refractivity contribution in [2.45, 2.75) is 29.0 Å². The normalized spacial score (nSPS) is 12.5. The average molecular weight is 466 g/mol. The number of nitrogens with one attached hydrogen (secondary N) is 1. The third-order valence-corrected chi connectivity index (χ3v) is 6.15. The number of rotatable bonds is 8. The molecule has 0 saturated carbocycles. The van der Waals surface area contributed by atoms with Crippen LogP contribution in [0.1, 0.15) is 22.3 Å². The topological polar surface area (TPSA) is 133 Å². The number of hydrogen-bond acceptors (Lipinski definition) is 6. The second-order valence-electron chi connectivity index (χ2n) is 6.04. The van der Waals surface area contributed by atoms with Crippen LogP contribution in [-0.4, -0.2) is 35.5 Å². The van der Waals surface area contributed by atoms with Gasteiger partial charge in [0.25, 0.3) is 15.9 Å². The van der Waals surface area contributed by atoms with Gasteiger partial charge in [0, 0.05) is 5.56 Å². The molecule has 0 saturated heterocycles. The van der Waals surface area contributed by atoms with Crippen molar-refractivity contribution in [3.8, 4) is 0 Å². The van der Waals surface area contributed by atoms with E-state index in [1.54, 1.807) is 4.72 Å². The number of carbonyl (C=O) groups is 1. The van der Waals surface area contributed by atoms with Gasteiger partial charge in [-0.05, 0) is 29.8 Å². The first-order valence-electron chi connectivity index (χ1n) is 8.22. The Morgan fingerprint density at radius 2 is 1.63 bits per heavy atom. The molecular weight excluding hydrogens is 449 g/mol. The summed E-state index contributed by atoms with van der Waals surface area (Å²) in [6.07, 6.45) is -5.49. The highest BCUT2D eigenvalue weighted by molar-refractivity contribution is 7.92. The third-order valence-electron chi connectivity index (χ3n) is 3.66. The van der Waals surface area contributed by atoms with E-state index in [0.717, 1.165) is 12.1 Å². The van der Waals surface area contributed by atoms with Crippen molar-refractivity contribution in [2.24, 2.45) is 5.14 Å². The number of amides is 1. The highest BCUT2D eigenvalue weighted by Crippen LogP contribution is 2.21. The molecule has 13 heteroatoms. The molecule has 1 amide bonds. The summed E-state index contributed by atoms with van der Waals surface area (Å²) in [5.41, 5.74) is 0.218. The Bertz CT molecular complexity index is 1130. The number of sulfonamides is 2. The smallest absolute Gasteiger partial charge is 0.376 e. The van der Waals surface area contributed by atoms with E-state index in [1.807, 2.05) is 0 Å². The molecule has 0 atom stereocenters. The molecule has 0 heterocycles. The molecule has 30 heavy (non-hydrogen) atoms. The van der Waals surface area contributed by atoms with Gasteiger partial charge in [-0.3, -0.25) is 4.79 Å². The maximum atomic E-state index is 12.5. The quantitative estimate of drug-likeness (QED) is 0.571. The van der Waals surface area contributed by atoms with Crippen LogP contribution in [0.25, 0.3) is 0 Å². The number of benzene rings is 2. The van der Waals surface area contributed by atoms with E-state index in [9.17, 15) is 34.8 Å². The zero-order valence-corrected chi connectivity index (χ0v) is 16.9. The largest absolute Gasteiger partial charge is 0.391 e. The number of alkyl halides is 3. The first-order valence-corrected chi connectivity index (χ1v) is 11.2. The van der Waals surface area contributed by atoms with Crippen molar-refractivity contribution in [3.63, 3.8) is 0 Å². The second kappa shape index (κ2) is 9.12. The molecule has 2 rings (SSSR count). The molecule has 0 fully saturated rings. The van der Waals surface area contributed by atoms with Gasteiger partial charge in [0.1, 0.15) is 9.79 Å². The molecule has 0 aliphatic carbocycles. The van der Waals surface area contributed by atoms with Gasteiger partial charge in [-0.2, -0.15) is 13.2 Å². The highest BCUT2D eigenvalue weighted by atomic mass is 32.2. The molecule has 3 N–H and O–H groups in total. The number of nitrogens with two attached hydrogens (primary N) is 1. The molecule has 8 nitrogen and oxygen atoms in total. The molecule has 0 aromatic heterocycles. The molecule has 0 spiro atoms. The first kappa shape index (κ1) is 23.8. The van der Waals surface area contributed by atoms with Crippen molar-refractivity contribution < 1.29 is 39.5 Å². The predicted octanol–water partition coefficient (Wildman–Crippen LogP) is 1.92. The lowest BCUT2D eigenvalue weighted by molar-refractivity contribution is -0.146. The maximum absolute atomic E-state index is 12.5. The van der Waals surface area contributed by atoms with E-state index in [-0.39, 0.29) is 12.2 Å². The van der Waals surface area contributed by atoms with Gasteiger partial charge in [0.05, 0.1) is 19.6 Å². The van der Waals surface area contributed by atoms with Gasteiger partial charge >= 0.3 is 6.18 Å². The molecule has 0 aliphatic rings. The Labute approximate surface area is 170 Å². The van der Waals surface area contributed by atoms with Crippen LogP contribution < -0.4 is 9.86 Å². The van der Waals surface area contributed by atoms with Crippen LogP contribution in [0.15, 0.2) is 58.3 Å². The fraction of sp³-hybridized carbons (Fsp3) is 0.235. The van der Waals surface area contributed by atoms with Crippen LogP contribution in [0.5, 0.6) is 0 Å². The molecule has 0 aliphatic heterocycles. The van der Waals surface area contributed by atoms with Crippen molar-refractivity contribution in [2.75, 3.05) is 6.61 Å². The highest BCUT2D eigenvalue weighted by Gasteiger charge is 2.27. The van der Waals surface area contributed by atoms with Crippen LogP contribution in [0, 0.1) is 0 Å². The summed E-state index contributed by atoms with van der Waals surface area (Å²) >= 11 is 0. The maximum Gasteiger partial charge on any atom is 0.391 e. The van der Waals surface area contributed by atoms with E-state index < -0.39 is 54.9 Å². The van der Waals surface area contributed by atoms with Crippen molar-refractivity contribution >= 4 is 26.0 Å². The van der Waals surface area contributed by atoms with Crippen LogP contribution in [-0.2, 0) is 31.4 Å². The Hall–Kier alpha value is -2.48. The summed E-state index contributed by atoms with van der Waals surface area (Å²) in [4.78, 5) is 11.0. The van der Waals surface area contributed by atoms with Crippen molar-refractivity contribution in [1.29, 1.82) is 0 Å². The monoisotopic (exact) mass is 466 g/mol. The van der Waals surface area contributed by atoms with E-state index in [2.05, 4.69) is 0 Å². The Balaban J connectivity index is 2.15. The number of carbonyl (C=O) groups excluding carboxylic acids is 1. The first-order chi connectivity index (χ1) is 13.8. The van der Waals surface area contributed by atoms with Crippen LogP contribution in [0.4, 0.5) is 13.2 Å². The number of primary sulfonamides is 1. The summed E-state index contributed by atoms with van der Waals surface area (Å²) in [5, 5.41) is 5.01. The lowest BCUT2D eigenvalue weighted by Gasteiger charge is -2.11. The summed E-state index contributed by atoms with van der Waals surface area (Å²) in [5.74, 6) is -1.07. The fourth-order valence-electron chi connectivity index (χ4n) is 2.32. The number of ether oxygens (including phenoxy) is 1. The summed E-state index contributed by atoms with van der Waals surface area (Å²) < 4.78 is 91.2. The third kappa shape index (κ3) is 6.79. The summed E-state index contributed by atoms with van der Waals surface area (Å²) in [6, 6.07) is 9.86. The standard InChI is InChI=1S/C17H17F3N2O6S2/c18-17(19,20)8-9-28-11-12-4-3-5-13(10-12)16(23)22-30(26,27)15-7-2-1-6-14(15)29(21,24)25/h1-7,10H,8-9,11H2,(H,22,23)(H2,21,24,25). The van der Waals surface area contributed by atoms with E-state index in [1.165, 1.54) is 36.4 Å². The Morgan fingerprint density at radius 3 is 2.23 bits per heavy atom. The van der Waals surface area contributed by atoms with E-state index in [0.29, 0.717) is 5.56 Å². The summed E-state index contributed by atoms with van der Waals surface area (Å²) in [7, 11) is -8.96. The molecule has 0 unspecified atom stereocenters. The number of halogens is 3. The molecule has 0 radical (unpaired) electrons. The lowest BCUT2D eigenvalue weighted by atomic mass is 10.1. The molecule has 0 bridgehead atoms. The zero-order chi connectivity index (χ0) is 22.6. The van der Waals surface area contributed by atoms with Gasteiger partial charge in [-0.15, -0.1) is 0 Å². The predicted molar refractivity (Wildman–Crippen MR) is 99.2 cm³/mol. The SMILES string of the molecule is NS(=O)(=O)c1ccccc1S(=O)(=O)NC(=O)c1cccc(COCCC(F)(F)F)c1. The zero-order valence-electron chi connectivity index (χ0n) is 15.2.